The van der Waals surface area contributed by atoms with E-state index in [9.17, 15) is 9.59 Å². The van der Waals surface area contributed by atoms with Gasteiger partial charge in [0.1, 0.15) is 6.04 Å². The third-order valence-electron chi connectivity index (χ3n) is 2.16. The number of carboxylic acids is 2. The van der Waals surface area contributed by atoms with Crippen LogP contribution in [0.1, 0.15) is 12.5 Å². The molecule has 0 aliphatic heterocycles. The second kappa shape index (κ2) is 10.5. The van der Waals surface area contributed by atoms with Crippen molar-refractivity contribution in [3.8, 4) is 0 Å². The van der Waals surface area contributed by atoms with Crippen LogP contribution in [-0.4, -0.2) is 28.2 Å². The van der Waals surface area contributed by atoms with Gasteiger partial charge in [-0.05, 0) is 18.9 Å². The van der Waals surface area contributed by atoms with Crippen molar-refractivity contribution in [1.29, 1.82) is 0 Å². The molecule has 20 heavy (non-hydrogen) atoms. The van der Waals surface area contributed by atoms with Crippen molar-refractivity contribution in [2.45, 2.75) is 19.4 Å². The zero-order valence-electron chi connectivity index (χ0n) is 11.3. The number of hydrogen-bond donors (Lipinski definition) is 3. The number of benzene rings is 1. The van der Waals surface area contributed by atoms with Crippen molar-refractivity contribution >= 4 is 11.9 Å². The van der Waals surface area contributed by atoms with Crippen LogP contribution in [0.15, 0.2) is 54.6 Å². The molecule has 0 fully saturated rings. The van der Waals surface area contributed by atoms with Gasteiger partial charge in [-0.3, -0.25) is 4.79 Å². The molecule has 108 valence electrons. The smallest absolute Gasteiger partial charge is 0.328 e. The van der Waals surface area contributed by atoms with E-state index in [0.29, 0.717) is 6.42 Å². The molecule has 0 heterocycles. The zero-order chi connectivity index (χ0) is 15.4. The van der Waals surface area contributed by atoms with Crippen LogP contribution in [-0.2, 0) is 16.0 Å². The van der Waals surface area contributed by atoms with Gasteiger partial charge in [-0.25, -0.2) is 4.79 Å². The Kier molecular flexibility index (Phi) is 9.25. The molecule has 0 radical (unpaired) electrons. The summed E-state index contributed by atoms with van der Waals surface area (Å²) in [6, 6.07) is 8.54. The van der Waals surface area contributed by atoms with E-state index in [2.05, 4.69) is 0 Å². The minimum atomic E-state index is -0.959. The van der Waals surface area contributed by atoms with Gasteiger partial charge in [0.2, 0.25) is 0 Å². The summed E-state index contributed by atoms with van der Waals surface area (Å²) >= 11 is 0. The van der Waals surface area contributed by atoms with E-state index in [0.717, 1.165) is 11.6 Å². The van der Waals surface area contributed by atoms with Crippen LogP contribution in [0, 0.1) is 0 Å². The van der Waals surface area contributed by atoms with Gasteiger partial charge >= 0.3 is 11.9 Å². The molecule has 0 saturated heterocycles. The van der Waals surface area contributed by atoms with Crippen molar-refractivity contribution in [2.75, 3.05) is 0 Å². The monoisotopic (exact) mass is 277 g/mol. The molecule has 5 nitrogen and oxygen atoms in total. The molecule has 1 atom stereocenters. The number of carbonyl (C=O) groups is 2. The van der Waals surface area contributed by atoms with E-state index >= 15 is 0 Å². The standard InChI is InChI=1S/C9H11NO2.C6H8O2/c10-8(9(11)12)6-7-4-2-1-3-5-7;1-2-3-4-5-6(7)8/h1-5,8H,6,10H2,(H,11,12);2-5H,1H3,(H,7,8)/b;3-2+,5-4+. The van der Waals surface area contributed by atoms with Crippen LogP contribution in [0.25, 0.3) is 0 Å². The van der Waals surface area contributed by atoms with Crippen LogP contribution in [0.5, 0.6) is 0 Å². The van der Waals surface area contributed by atoms with Gasteiger partial charge < -0.3 is 15.9 Å². The summed E-state index contributed by atoms with van der Waals surface area (Å²) in [6.45, 7) is 1.83. The molecular weight excluding hydrogens is 258 g/mol. The molecule has 0 aliphatic carbocycles. The van der Waals surface area contributed by atoms with E-state index in [4.69, 9.17) is 15.9 Å². The molecule has 1 aromatic rings. The van der Waals surface area contributed by atoms with E-state index < -0.39 is 18.0 Å². The lowest BCUT2D eigenvalue weighted by molar-refractivity contribution is -0.138. The fraction of sp³-hybridized carbons (Fsp3) is 0.200. The van der Waals surface area contributed by atoms with Crippen LogP contribution >= 0.6 is 0 Å². The first-order valence-electron chi connectivity index (χ1n) is 6.02. The predicted molar refractivity (Wildman–Crippen MR) is 77.3 cm³/mol. The molecule has 0 amide bonds. The van der Waals surface area contributed by atoms with Crippen molar-refractivity contribution in [3.05, 3.63) is 60.2 Å². The maximum atomic E-state index is 10.4. The minimum Gasteiger partial charge on any atom is -0.480 e. The summed E-state index contributed by atoms with van der Waals surface area (Å²) in [5.74, 6) is -1.87. The van der Waals surface area contributed by atoms with Crippen LogP contribution in [0.3, 0.4) is 0 Å². The number of allylic oxidation sites excluding steroid dienone is 3. The summed E-state index contributed by atoms with van der Waals surface area (Å²) in [5.41, 5.74) is 6.30. The first-order valence-corrected chi connectivity index (χ1v) is 6.02. The predicted octanol–water partition coefficient (Wildman–Crippen LogP) is 1.84. The molecule has 0 bridgehead atoms. The summed E-state index contributed by atoms with van der Waals surface area (Å²) in [7, 11) is 0. The van der Waals surface area contributed by atoms with Crippen LogP contribution < -0.4 is 5.73 Å². The Morgan fingerprint density at radius 2 is 1.80 bits per heavy atom. The zero-order valence-corrected chi connectivity index (χ0v) is 11.3. The second-order valence-corrected chi connectivity index (χ2v) is 3.86. The highest BCUT2D eigenvalue weighted by Crippen LogP contribution is 2.01. The summed E-state index contributed by atoms with van der Waals surface area (Å²) in [5, 5.41) is 16.5. The average Bonchev–Trinajstić information content (AvgIpc) is 2.40. The summed E-state index contributed by atoms with van der Waals surface area (Å²) in [6.07, 6.45) is 6.37. The summed E-state index contributed by atoms with van der Waals surface area (Å²) in [4.78, 5) is 20.1. The molecular formula is C15H19NO4. The van der Waals surface area contributed by atoms with Crippen LogP contribution in [0.2, 0.25) is 0 Å². The van der Waals surface area contributed by atoms with E-state index in [1.807, 2.05) is 37.3 Å². The summed E-state index contributed by atoms with van der Waals surface area (Å²) < 4.78 is 0. The lowest BCUT2D eigenvalue weighted by Crippen LogP contribution is -2.32. The molecule has 1 rings (SSSR count). The molecule has 5 heteroatoms. The molecule has 0 aromatic heterocycles. The number of hydrogen-bond acceptors (Lipinski definition) is 3. The Hall–Kier alpha value is -2.40. The Morgan fingerprint density at radius 1 is 1.20 bits per heavy atom. The Morgan fingerprint density at radius 3 is 2.25 bits per heavy atom. The first kappa shape index (κ1) is 17.6. The third-order valence-corrected chi connectivity index (χ3v) is 2.16. The van der Waals surface area contributed by atoms with E-state index in [-0.39, 0.29) is 0 Å². The van der Waals surface area contributed by atoms with Gasteiger partial charge in [-0.2, -0.15) is 0 Å². The number of carboxylic acid groups (broad SMARTS) is 2. The number of rotatable bonds is 5. The highest BCUT2D eigenvalue weighted by molar-refractivity contribution is 5.80. The number of nitrogens with two attached hydrogens (primary N) is 1. The van der Waals surface area contributed by atoms with Gasteiger partial charge in [0.15, 0.2) is 0 Å². The highest BCUT2D eigenvalue weighted by atomic mass is 16.4. The van der Waals surface area contributed by atoms with Crippen molar-refractivity contribution in [3.63, 3.8) is 0 Å². The SMILES string of the molecule is C/C=C/C=C/C(=O)O.NC(Cc1ccccc1)C(=O)O. The fourth-order valence-corrected chi connectivity index (χ4v) is 1.20. The van der Waals surface area contributed by atoms with Gasteiger partial charge in [0.05, 0.1) is 0 Å². The average molecular weight is 277 g/mol. The maximum Gasteiger partial charge on any atom is 0.328 e. The van der Waals surface area contributed by atoms with E-state index in [1.54, 1.807) is 12.2 Å². The third kappa shape index (κ3) is 9.61. The lowest BCUT2D eigenvalue weighted by Gasteiger charge is -2.04. The first-order chi connectivity index (χ1) is 9.47. The van der Waals surface area contributed by atoms with Gasteiger partial charge in [-0.1, -0.05) is 48.6 Å². The van der Waals surface area contributed by atoms with Crippen molar-refractivity contribution in [2.24, 2.45) is 5.73 Å². The molecule has 4 N–H and O–H groups in total. The second-order valence-electron chi connectivity index (χ2n) is 3.86. The van der Waals surface area contributed by atoms with Crippen molar-refractivity contribution < 1.29 is 19.8 Å². The topological polar surface area (TPSA) is 101 Å². The van der Waals surface area contributed by atoms with Gasteiger partial charge in [0, 0.05) is 6.08 Å². The Bertz CT molecular complexity index is 466. The Labute approximate surface area is 118 Å². The molecule has 1 aromatic carbocycles. The van der Waals surface area contributed by atoms with Gasteiger partial charge in [-0.15, -0.1) is 0 Å². The number of aliphatic carboxylic acids is 2. The largest absolute Gasteiger partial charge is 0.480 e. The Balaban J connectivity index is 0.000000396. The highest BCUT2D eigenvalue weighted by Gasteiger charge is 2.10. The fourth-order valence-electron chi connectivity index (χ4n) is 1.20. The van der Waals surface area contributed by atoms with Gasteiger partial charge in [0.25, 0.3) is 0 Å². The maximum absolute atomic E-state index is 10.4. The minimum absolute atomic E-state index is 0.385. The molecule has 1 unspecified atom stereocenters. The molecule has 0 spiro atoms. The lowest BCUT2D eigenvalue weighted by atomic mass is 10.1. The van der Waals surface area contributed by atoms with Crippen molar-refractivity contribution in [1.82, 2.24) is 0 Å². The van der Waals surface area contributed by atoms with E-state index in [1.165, 1.54) is 6.08 Å². The van der Waals surface area contributed by atoms with Crippen LogP contribution in [0.4, 0.5) is 0 Å². The normalized spacial score (nSPS) is 11.9. The molecule has 0 aliphatic rings. The quantitative estimate of drug-likeness (QED) is 0.563. The molecule has 0 saturated carbocycles.